The standard InChI is InChI=1S/C14H15ClN2O4/c1-9(2)21-12-5-3-4-10(14(15)18)11(12)8-20-13-6-7-17(19)16-13/h3-7,9,19H,8H2,1-2H3. The molecule has 0 saturated heterocycles. The second-order valence-electron chi connectivity index (χ2n) is 4.59. The van der Waals surface area contributed by atoms with Gasteiger partial charge in [-0.25, -0.2) is 0 Å². The van der Waals surface area contributed by atoms with E-state index in [2.05, 4.69) is 5.10 Å². The van der Waals surface area contributed by atoms with Crippen LogP contribution in [-0.4, -0.2) is 26.5 Å². The smallest absolute Gasteiger partial charge is 0.252 e. The van der Waals surface area contributed by atoms with E-state index in [0.717, 1.165) is 0 Å². The number of hydrogen-bond acceptors (Lipinski definition) is 5. The molecule has 0 unspecified atom stereocenters. The number of carbonyl (C=O) groups excluding carboxylic acids is 1. The van der Waals surface area contributed by atoms with Gasteiger partial charge in [-0.2, -0.15) is 0 Å². The minimum Gasteiger partial charge on any atom is -0.491 e. The van der Waals surface area contributed by atoms with Crippen molar-refractivity contribution in [2.45, 2.75) is 26.6 Å². The largest absolute Gasteiger partial charge is 0.491 e. The molecule has 1 N–H and O–H groups in total. The van der Waals surface area contributed by atoms with Crippen molar-refractivity contribution in [3.05, 3.63) is 41.6 Å². The van der Waals surface area contributed by atoms with Crippen molar-refractivity contribution in [2.24, 2.45) is 0 Å². The van der Waals surface area contributed by atoms with Crippen molar-refractivity contribution in [3.63, 3.8) is 0 Å². The number of nitrogens with zero attached hydrogens (tertiary/aromatic N) is 2. The van der Waals surface area contributed by atoms with Crippen LogP contribution in [0.15, 0.2) is 30.5 Å². The molecule has 0 radical (unpaired) electrons. The van der Waals surface area contributed by atoms with Gasteiger partial charge in [0.05, 0.1) is 12.3 Å². The number of hydrogen-bond donors (Lipinski definition) is 1. The molecule has 2 rings (SSSR count). The fourth-order valence-electron chi connectivity index (χ4n) is 1.78. The fraction of sp³-hybridized carbons (Fsp3) is 0.286. The third-order valence-corrected chi connectivity index (χ3v) is 2.83. The maximum Gasteiger partial charge on any atom is 0.252 e. The molecule has 0 aliphatic rings. The van der Waals surface area contributed by atoms with E-state index in [0.29, 0.717) is 21.7 Å². The summed E-state index contributed by atoms with van der Waals surface area (Å²) in [5, 5.41) is 12.2. The summed E-state index contributed by atoms with van der Waals surface area (Å²) in [5.41, 5.74) is 0.858. The lowest BCUT2D eigenvalue weighted by Crippen LogP contribution is -2.11. The van der Waals surface area contributed by atoms with Gasteiger partial charge < -0.3 is 14.7 Å². The van der Waals surface area contributed by atoms with E-state index in [9.17, 15) is 4.79 Å². The number of carbonyl (C=O) groups is 1. The first kappa shape index (κ1) is 15.2. The molecule has 0 bridgehead atoms. The monoisotopic (exact) mass is 310 g/mol. The highest BCUT2D eigenvalue weighted by atomic mass is 35.5. The average molecular weight is 311 g/mol. The molecule has 0 aliphatic heterocycles. The summed E-state index contributed by atoms with van der Waals surface area (Å²) in [7, 11) is 0. The SMILES string of the molecule is CC(C)Oc1cccc(C(=O)Cl)c1COc1ccn(O)n1. The molecule has 0 amide bonds. The van der Waals surface area contributed by atoms with Gasteiger partial charge in [0.15, 0.2) is 0 Å². The third kappa shape index (κ3) is 3.88. The van der Waals surface area contributed by atoms with Gasteiger partial charge in [-0.1, -0.05) is 11.2 Å². The molecule has 0 atom stereocenters. The van der Waals surface area contributed by atoms with Crippen molar-refractivity contribution in [1.82, 2.24) is 9.94 Å². The Hall–Kier alpha value is -2.21. The van der Waals surface area contributed by atoms with Crippen LogP contribution < -0.4 is 9.47 Å². The summed E-state index contributed by atoms with van der Waals surface area (Å²) in [5.74, 6) is 0.754. The Morgan fingerprint density at radius 2 is 2.19 bits per heavy atom. The van der Waals surface area contributed by atoms with Crippen molar-refractivity contribution < 1.29 is 19.5 Å². The van der Waals surface area contributed by atoms with Gasteiger partial charge in [0, 0.05) is 17.2 Å². The highest BCUT2D eigenvalue weighted by Crippen LogP contribution is 2.26. The minimum absolute atomic E-state index is 0.0493. The summed E-state index contributed by atoms with van der Waals surface area (Å²) >= 11 is 5.59. The number of rotatable bonds is 6. The molecular weight excluding hydrogens is 296 g/mol. The van der Waals surface area contributed by atoms with E-state index in [1.165, 1.54) is 12.3 Å². The number of aromatic nitrogens is 2. The van der Waals surface area contributed by atoms with E-state index < -0.39 is 5.24 Å². The Morgan fingerprint density at radius 3 is 2.76 bits per heavy atom. The first-order valence-corrected chi connectivity index (χ1v) is 6.71. The van der Waals surface area contributed by atoms with Crippen molar-refractivity contribution in [3.8, 4) is 11.6 Å². The van der Waals surface area contributed by atoms with Crippen LogP contribution in [0.1, 0.15) is 29.8 Å². The molecular formula is C14H15ClN2O4. The van der Waals surface area contributed by atoms with Crippen LogP contribution in [0.2, 0.25) is 0 Å². The summed E-state index contributed by atoms with van der Waals surface area (Å²) < 4.78 is 11.1. The zero-order valence-corrected chi connectivity index (χ0v) is 12.4. The summed E-state index contributed by atoms with van der Waals surface area (Å²) in [6, 6.07) is 6.53. The molecule has 7 heteroatoms. The lowest BCUT2D eigenvalue weighted by atomic mass is 10.1. The van der Waals surface area contributed by atoms with Crippen LogP contribution >= 0.6 is 11.6 Å². The zero-order chi connectivity index (χ0) is 15.4. The lowest BCUT2D eigenvalue weighted by molar-refractivity contribution is 0.107. The quantitative estimate of drug-likeness (QED) is 0.656. The van der Waals surface area contributed by atoms with Gasteiger partial charge in [-0.15, -0.1) is 4.85 Å². The molecule has 1 aromatic heterocycles. The second-order valence-corrected chi connectivity index (χ2v) is 4.93. The molecule has 6 nitrogen and oxygen atoms in total. The molecule has 112 valence electrons. The highest BCUT2D eigenvalue weighted by Gasteiger charge is 2.16. The molecule has 2 aromatic rings. The molecule has 0 fully saturated rings. The highest BCUT2D eigenvalue weighted by molar-refractivity contribution is 6.68. The van der Waals surface area contributed by atoms with E-state index in [-0.39, 0.29) is 18.6 Å². The minimum atomic E-state index is -0.588. The maximum atomic E-state index is 11.5. The van der Waals surface area contributed by atoms with Crippen LogP contribution in [0.5, 0.6) is 11.6 Å². The summed E-state index contributed by atoms with van der Waals surface area (Å²) in [4.78, 5) is 12.2. The topological polar surface area (TPSA) is 73.6 Å². The number of benzene rings is 1. The Bertz CT molecular complexity index is 640. The van der Waals surface area contributed by atoms with Gasteiger partial charge in [-0.05, 0) is 37.6 Å². The molecule has 0 aliphatic carbocycles. The zero-order valence-electron chi connectivity index (χ0n) is 11.6. The van der Waals surface area contributed by atoms with Crippen LogP contribution in [0.25, 0.3) is 0 Å². The van der Waals surface area contributed by atoms with Crippen LogP contribution in [-0.2, 0) is 6.61 Å². The molecule has 21 heavy (non-hydrogen) atoms. The van der Waals surface area contributed by atoms with E-state index in [1.54, 1.807) is 18.2 Å². The third-order valence-electron chi connectivity index (χ3n) is 2.62. The van der Waals surface area contributed by atoms with E-state index in [1.807, 2.05) is 13.8 Å². The predicted molar refractivity (Wildman–Crippen MR) is 76.1 cm³/mol. The molecule has 1 heterocycles. The van der Waals surface area contributed by atoms with Crippen LogP contribution in [0.3, 0.4) is 0 Å². The first-order valence-electron chi connectivity index (χ1n) is 6.33. The van der Waals surface area contributed by atoms with Gasteiger partial charge in [0.25, 0.3) is 5.24 Å². The Balaban J connectivity index is 2.27. The number of halogens is 1. The predicted octanol–water partition coefficient (Wildman–Crippen LogP) is 2.87. The number of ether oxygens (including phenoxy) is 2. The van der Waals surface area contributed by atoms with Gasteiger partial charge in [0.2, 0.25) is 5.88 Å². The average Bonchev–Trinajstić information content (AvgIpc) is 2.82. The first-order chi connectivity index (χ1) is 9.97. The second kappa shape index (κ2) is 6.49. The summed E-state index contributed by atoms with van der Waals surface area (Å²) in [6.07, 6.45) is 1.28. The van der Waals surface area contributed by atoms with Gasteiger partial charge in [0.1, 0.15) is 12.4 Å². The normalized spacial score (nSPS) is 10.7. The Morgan fingerprint density at radius 1 is 1.43 bits per heavy atom. The maximum absolute atomic E-state index is 11.5. The van der Waals surface area contributed by atoms with Crippen LogP contribution in [0, 0.1) is 0 Å². The Labute approximate surface area is 126 Å². The summed E-state index contributed by atoms with van der Waals surface area (Å²) in [6.45, 7) is 3.81. The van der Waals surface area contributed by atoms with Crippen LogP contribution in [0.4, 0.5) is 0 Å². The van der Waals surface area contributed by atoms with Gasteiger partial charge in [-0.3, -0.25) is 4.79 Å². The Kier molecular flexibility index (Phi) is 4.70. The van der Waals surface area contributed by atoms with Crippen molar-refractivity contribution in [1.29, 1.82) is 0 Å². The van der Waals surface area contributed by atoms with Gasteiger partial charge >= 0.3 is 0 Å². The van der Waals surface area contributed by atoms with Crippen molar-refractivity contribution >= 4 is 16.8 Å². The lowest BCUT2D eigenvalue weighted by Gasteiger charge is -2.16. The molecule has 1 aromatic carbocycles. The van der Waals surface area contributed by atoms with E-state index in [4.69, 9.17) is 26.3 Å². The van der Waals surface area contributed by atoms with E-state index >= 15 is 0 Å². The van der Waals surface area contributed by atoms with Crippen molar-refractivity contribution in [2.75, 3.05) is 0 Å². The fourth-order valence-corrected chi connectivity index (χ4v) is 1.96. The molecule has 0 spiro atoms. The molecule has 0 saturated carbocycles.